The fourth-order valence-electron chi connectivity index (χ4n) is 3.09. The molecule has 2 aromatic rings. The van der Waals surface area contributed by atoms with Crippen LogP contribution >= 0.6 is 0 Å². The Morgan fingerprint density at radius 3 is 2.64 bits per heavy atom. The molecule has 116 valence electrons. The molecule has 4 heteroatoms. The molecule has 0 radical (unpaired) electrons. The fraction of sp³-hybridized carbons (Fsp3) is 0.444. The van der Waals surface area contributed by atoms with Gasteiger partial charge in [0.15, 0.2) is 5.82 Å². The average molecular weight is 296 g/mol. The number of hydrogen-bond donors (Lipinski definition) is 2. The zero-order chi connectivity index (χ0) is 15.2. The molecule has 1 aliphatic rings. The van der Waals surface area contributed by atoms with Crippen molar-refractivity contribution in [2.45, 2.75) is 38.0 Å². The number of nitrogens with two attached hydrogens (primary N) is 1. The number of hydrogen-bond acceptors (Lipinski definition) is 4. The Balaban J connectivity index is 1.89. The van der Waals surface area contributed by atoms with E-state index in [9.17, 15) is 0 Å². The van der Waals surface area contributed by atoms with Crippen molar-refractivity contribution >= 4 is 5.69 Å². The molecule has 4 nitrogen and oxygen atoms in total. The normalized spacial score (nSPS) is 15.1. The quantitative estimate of drug-likeness (QED) is 0.800. The van der Waals surface area contributed by atoms with E-state index in [1.54, 1.807) is 0 Å². The highest BCUT2D eigenvalue weighted by atomic mass is 15.0. The minimum atomic E-state index is 0.561. The van der Waals surface area contributed by atoms with Crippen LogP contribution in [-0.2, 0) is 0 Å². The van der Waals surface area contributed by atoms with Crippen LogP contribution in [0.25, 0.3) is 11.4 Å². The molecule has 22 heavy (non-hydrogen) atoms. The Labute approximate surface area is 132 Å². The summed E-state index contributed by atoms with van der Waals surface area (Å²) in [5.41, 5.74) is 8.93. The first-order chi connectivity index (χ1) is 10.9. The van der Waals surface area contributed by atoms with Crippen molar-refractivity contribution in [3.8, 4) is 11.4 Å². The van der Waals surface area contributed by atoms with Crippen LogP contribution in [0.3, 0.4) is 0 Å². The van der Waals surface area contributed by atoms with Gasteiger partial charge in [-0.05, 0) is 25.8 Å². The Kier molecular flexibility index (Phi) is 5.01. The fourth-order valence-corrected chi connectivity index (χ4v) is 3.09. The molecule has 1 aromatic heterocycles. The maximum Gasteiger partial charge on any atom is 0.159 e. The minimum absolute atomic E-state index is 0.561. The highest BCUT2D eigenvalue weighted by Crippen LogP contribution is 2.37. The molecule has 1 fully saturated rings. The van der Waals surface area contributed by atoms with Crippen LogP contribution in [0, 0.1) is 0 Å². The summed E-state index contributed by atoms with van der Waals surface area (Å²) < 4.78 is 0. The lowest BCUT2D eigenvalue weighted by Gasteiger charge is -2.16. The van der Waals surface area contributed by atoms with Gasteiger partial charge in [-0.25, -0.2) is 9.97 Å². The van der Waals surface area contributed by atoms with E-state index in [2.05, 4.69) is 22.4 Å². The monoisotopic (exact) mass is 296 g/mol. The highest BCUT2D eigenvalue weighted by Gasteiger charge is 2.22. The predicted octanol–water partition coefficient (Wildman–Crippen LogP) is 3.56. The minimum Gasteiger partial charge on any atom is -0.382 e. The first-order valence-electron chi connectivity index (χ1n) is 8.25. The van der Waals surface area contributed by atoms with Gasteiger partial charge < -0.3 is 11.1 Å². The van der Waals surface area contributed by atoms with E-state index < -0.39 is 0 Å². The second kappa shape index (κ2) is 7.36. The number of anilines is 1. The Hall–Kier alpha value is -1.94. The highest BCUT2D eigenvalue weighted by molar-refractivity contribution is 5.58. The molecule has 3 N–H and O–H groups in total. The molecule has 1 aliphatic carbocycles. The van der Waals surface area contributed by atoms with Gasteiger partial charge >= 0.3 is 0 Å². The molecule has 0 bridgehead atoms. The van der Waals surface area contributed by atoms with Gasteiger partial charge in [-0.2, -0.15) is 0 Å². The molecule has 0 unspecified atom stereocenters. The van der Waals surface area contributed by atoms with Crippen molar-refractivity contribution in [1.29, 1.82) is 0 Å². The third-order valence-electron chi connectivity index (χ3n) is 4.29. The number of nitrogens with zero attached hydrogens (tertiary/aromatic N) is 2. The van der Waals surface area contributed by atoms with Crippen molar-refractivity contribution < 1.29 is 0 Å². The first kappa shape index (κ1) is 15.0. The third-order valence-corrected chi connectivity index (χ3v) is 4.29. The molecular weight excluding hydrogens is 272 g/mol. The summed E-state index contributed by atoms with van der Waals surface area (Å²) in [4.78, 5) is 9.45. The summed E-state index contributed by atoms with van der Waals surface area (Å²) in [6.07, 6.45) is 7.98. The largest absolute Gasteiger partial charge is 0.382 e. The van der Waals surface area contributed by atoms with E-state index >= 15 is 0 Å². The van der Waals surface area contributed by atoms with Crippen molar-refractivity contribution in [3.05, 3.63) is 42.2 Å². The van der Waals surface area contributed by atoms with Gasteiger partial charge in [0, 0.05) is 18.0 Å². The van der Waals surface area contributed by atoms with Crippen molar-refractivity contribution in [2.24, 2.45) is 5.73 Å². The van der Waals surface area contributed by atoms with E-state index in [0.717, 1.165) is 30.0 Å². The van der Waals surface area contributed by atoms with E-state index in [0.29, 0.717) is 12.5 Å². The zero-order valence-corrected chi connectivity index (χ0v) is 13.0. The molecule has 3 rings (SSSR count). The number of benzene rings is 1. The van der Waals surface area contributed by atoms with Crippen LogP contribution in [-0.4, -0.2) is 23.1 Å². The zero-order valence-electron chi connectivity index (χ0n) is 13.0. The Morgan fingerprint density at radius 2 is 1.91 bits per heavy atom. The van der Waals surface area contributed by atoms with Crippen LogP contribution < -0.4 is 11.1 Å². The third kappa shape index (κ3) is 3.45. The van der Waals surface area contributed by atoms with Gasteiger partial charge in [0.1, 0.15) is 0 Å². The number of nitrogens with one attached hydrogen (secondary N) is 1. The molecule has 0 atom stereocenters. The summed E-state index contributed by atoms with van der Waals surface area (Å²) >= 11 is 0. The Morgan fingerprint density at radius 1 is 1.14 bits per heavy atom. The first-order valence-corrected chi connectivity index (χ1v) is 8.25. The van der Waals surface area contributed by atoms with Gasteiger partial charge in [0.05, 0.1) is 17.6 Å². The average Bonchev–Trinajstić information content (AvgIpc) is 3.10. The summed E-state index contributed by atoms with van der Waals surface area (Å²) in [5, 5.41) is 3.46. The lowest BCUT2D eigenvalue weighted by molar-refractivity contribution is 0.695. The smallest absolute Gasteiger partial charge is 0.159 e. The van der Waals surface area contributed by atoms with Gasteiger partial charge in [-0.15, -0.1) is 0 Å². The predicted molar refractivity (Wildman–Crippen MR) is 90.8 cm³/mol. The van der Waals surface area contributed by atoms with Crippen molar-refractivity contribution in [1.82, 2.24) is 9.97 Å². The second-order valence-electron chi connectivity index (χ2n) is 5.91. The molecule has 0 aliphatic heterocycles. The molecular formula is C18H24N4. The van der Waals surface area contributed by atoms with Crippen LogP contribution in [0.15, 0.2) is 36.5 Å². The maximum atomic E-state index is 5.58. The van der Waals surface area contributed by atoms with E-state index in [1.807, 2.05) is 24.4 Å². The molecule has 1 heterocycles. The summed E-state index contributed by atoms with van der Waals surface area (Å²) in [6, 6.07) is 10.2. The van der Waals surface area contributed by atoms with Crippen LogP contribution in [0.5, 0.6) is 0 Å². The van der Waals surface area contributed by atoms with Gasteiger partial charge in [0.2, 0.25) is 0 Å². The molecule has 0 amide bonds. The van der Waals surface area contributed by atoms with Crippen molar-refractivity contribution in [3.63, 3.8) is 0 Å². The summed E-state index contributed by atoms with van der Waals surface area (Å²) in [5.74, 6) is 1.39. The van der Waals surface area contributed by atoms with Crippen LogP contribution in [0.1, 0.15) is 43.7 Å². The van der Waals surface area contributed by atoms with Gasteiger partial charge in [-0.1, -0.05) is 43.2 Å². The Bertz CT molecular complexity index is 591. The number of rotatable bonds is 6. The SMILES string of the molecule is NCCCNc1cnc(-c2ccccc2)nc1C1CCCC1. The molecule has 1 saturated carbocycles. The molecule has 0 spiro atoms. The van der Waals surface area contributed by atoms with Crippen LogP contribution in [0.2, 0.25) is 0 Å². The lowest BCUT2D eigenvalue weighted by Crippen LogP contribution is -2.12. The van der Waals surface area contributed by atoms with Crippen LogP contribution in [0.4, 0.5) is 5.69 Å². The summed E-state index contributed by atoms with van der Waals surface area (Å²) in [6.45, 7) is 1.58. The number of aromatic nitrogens is 2. The summed E-state index contributed by atoms with van der Waals surface area (Å²) in [7, 11) is 0. The molecule has 0 saturated heterocycles. The standard InChI is InChI=1S/C18H24N4/c19-11-6-12-20-16-13-21-18(15-9-2-1-3-10-15)22-17(16)14-7-4-5-8-14/h1-3,9-10,13-14,20H,4-8,11-12,19H2. The second-order valence-corrected chi connectivity index (χ2v) is 5.91. The van der Waals surface area contributed by atoms with E-state index in [-0.39, 0.29) is 0 Å². The topological polar surface area (TPSA) is 63.8 Å². The maximum absolute atomic E-state index is 5.58. The van der Waals surface area contributed by atoms with Crippen molar-refractivity contribution in [2.75, 3.05) is 18.4 Å². The van der Waals surface area contributed by atoms with Gasteiger partial charge in [0.25, 0.3) is 0 Å². The van der Waals surface area contributed by atoms with E-state index in [1.165, 1.54) is 31.4 Å². The van der Waals surface area contributed by atoms with E-state index in [4.69, 9.17) is 10.7 Å². The molecule has 1 aromatic carbocycles. The van der Waals surface area contributed by atoms with Gasteiger partial charge in [-0.3, -0.25) is 0 Å². The lowest BCUT2D eigenvalue weighted by atomic mass is 10.0.